The van der Waals surface area contributed by atoms with Crippen LogP contribution in [-0.2, 0) is 6.42 Å². The molecule has 2 aromatic carbocycles. The van der Waals surface area contributed by atoms with Crippen molar-refractivity contribution < 1.29 is 4.79 Å². The quantitative estimate of drug-likeness (QED) is 0.817. The van der Waals surface area contributed by atoms with Crippen molar-refractivity contribution in [2.24, 2.45) is 0 Å². The first kappa shape index (κ1) is 19.3. The molecular formula is C23H28ClN3O. The summed E-state index contributed by atoms with van der Waals surface area (Å²) in [5, 5.41) is 3.80. The number of rotatable bonds is 5. The standard InChI is InChI=1S/C23H28ClN3O/c1-26-14-11-19-15-18(7-10-21(19)26)22(27-12-3-2-4-13-27)16-25-23(28)17-5-8-20(24)9-6-17/h5-10,15,22H,2-4,11-14,16H2,1H3,(H,25,28)/t22-/m0/s1. The fraction of sp³-hybridized carbons (Fsp3) is 0.435. The summed E-state index contributed by atoms with van der Waals surface area (Å²) in [4.78, 5) is 17.5. The van der Waals surface area contributed by atoms with Gasteiger partial charge in [-0.2, -0.15) is 0 Å². The molecule has 4 rings (SSSR count). The van der Waals surface area contributed by atoms with Crippen molar-refractivity contribution in [3.8, 4) is 0 Å². The lowest BCUT2D eigenvalue weighted by atomic mass is 9.98. The van der Waals surface area contributed by atoms with Crippen LogP contribution in [0.4, 0.5) is 5.69 Å². The van der Waals surface area contributed by atoms with Crippen molar-refractivity contribution in [2.75, 3.05) is 38.1 Å². The zero-order valence-electron chi connectivity index (χ0n) is 16.5. The molecule has 2 aliphatic heterocycles. The predicted octanol–water partition coefficient (Wildman–Crippen LogP) is 4.29. The summed E-state index contributed by atoms with van der Waals surface area (Å²) in [5.41, 5.74) is 4.72. The molecule has 2 heterocycles. The van der Waals surface area contributed by atoms with E-state index in [4.69, 9.17) is 11.6 Å². The smallest absolute Gasteiger partial charge is 0.251 e. The number of likely N-dealkylation sites (tertiary alicyclic amines) is 1. The number of likely N-dealkylation sites (N-methyl/N-ethyl adjacent to an activating group) is 1. The molecule has 148 valence electrons. The van der Waals surface area contributed by atoms with Gasteiger partial charge in [0.1, 0.15) is 0 Å². The third-order valence-corrected chi connectivity index (χ3v) is 6.26. The number of carbonyl (C=O) groups excluding carboxylic acids is 1. The van der Waals surface area contributed by atoms with Gasteiger partial charge in [0, 0.05) is 36.4 Å². The van der Waals surface area contributed by atoms with Crippen molar-refractivity contribution in [3.05, 3.63) is 64.2 Å². The van der Waals surface area contributed by atoms with E-state index in [2.05, 4.69) is 40.4 Å². The Morgan fingerprint density at radius 2 is 1.82 bits per heavy atom. The minimum Gasteiger partial charge on any atom is -0.374 e. The molecular weight excluding hydrogens is 370 g/mol. The van der Waals surface area contributed by atoms with Gasteiger partial charge in [0.15, 0.2) is 0 Å². The minimum atomic E-state index is -0.0421. The second-order valence-electron chi connectivity index (χ2n) is 7.89. The van der Waals surface area contributed by atoms with Crippen molar-refractivity contribution in [2.45, 2.75) is 31.7 Å². The van der Waals surface area contributed by atoms with Gasteiger partial charge in [-0.3, -0.25) is 9.69 Å². The number of piperidine rings is 1. The van der Waals surface area contributed by atoms with Crippen molar-refractivity contribution in [3.63, 3.8) is 0 Å². The molecule has 0 unspecified atom stereocenters. The summed E-state index contributed by atoms with van der Waals surface area (Å²) in [6.07, 6.45) is 4.86. The average Bonchev–Trinajstić information content (AvgIpc) is 3.10. The van der Waals surface area contributed by atoms with Crippen LogP contribution >= 0.6 is 11.6 Å². The van der Waals surface area contributed by atoms with Crippen LogP contribution < -0.4 is 10.2 Å². The molecule has 1 saturated heterocycles. The van der Waals surface area contributed by atoms with Crippen LogP contribution in [0.5, 0.6) is 0 Å². The van der Waals surface area contributed by atoms with Gasteiger partial charge in [-0.25, -0.2) is 0 Å². The Morgan fingerprint density at radius 3 is 2.57 bits per heavy atom. The van der Waals surface area contributed by atoms with Crippen LogP contribution in [0.25, 0.3) is 0 Å². The van der Waals surface area contributed by atoms with Crippen molar-refractivity contribution >= 4 is 23.2 Å². The summed E-state index contributed by atoms with van der Waals surface area (Å²) in [6, 6.07) is 14.1. The van der Waals surface area contributed by atoms with E-state index >= 15 is 0 Å². The van der Waals surface area contributed by atoms with Gasteiger partial charge < -0.3 is 10.2 Å². The minimum absolute atomic E-state index is 0.0421. The molecule has 2 aromatic rings. The third-order valence-electron chi connectivity index (χ3n) is 6.01. The topological polar surface area (TPSA) is 35.6 Å². The van der Waals surface area contributed by atoms with Gasteiger partial charge in [-0.15, -0.1) is 0 Å². The Kier molecular flexibility index (Phi) is 5.88. The largest absolute Gasteiger partial charge is 0.374 e. The first-order valence-electron chi connectivity index (χ1n) is 10.2. The Bertz CT molecular complexity index is 830. The maximum absolute atomic E-state index is 12.6. The number of carbonyl (C=O) groups is 1. The van der Waals surface area contributed by atoms with Crippen LogP contribution in [0.15, 0.2) is 42.5 Å². The highest BCUT2D eigenvalue weighted by molar-refractivity contribution is 6.30. The molecule has 5 heteroatoms. The van der Waals surface area contributed by atoms with E-state index < -0.39 is 0 Å². The Labute approximate surface area is 172 Å². The van der Waals surface area contributed by atoms with E-state index in [9.17, 15) is 4.79 Å². The number of hydrogen-bond donors (Lipinski definition) is 1. The summed E-state index contributed by atoms with van der Waals surface area (Å²) < 4.78 is 0. The first-order valence-corrected chi connectivity index (χ1v) is 10.6. The molecule has 4 nitrogen and oxygen atoms in total. The van der Waals surface area contributed by atoms with Gasteiger partial charge in [-0.1, -0.05) is 30.2 Å². The van der Waals surface area contributed by atoms with E-state index in [-0.39, 0.29) is 11.9 Å². The number of halogens is 1. The predicted molar refractivity (Wildman–Crippen MR) is 115 cm³/mol. The molecule has 0 spiro atoms. The van der Waals surface area contributed by atoms with Gasteiger partial charge in [0.2, 0.25) is 0 Å². The van der Waals surface area contributed by atoms with Gasteiger partial charge in [-0.05, 0) is 73.8 Å². The summed E-state index contributed by atoms with van der Waals surface area (Å²) in [5.74, 6) is -0.0421. The number of fused-ring (bicyclic) bond motifs is 1. The lowest BCUT2D eigenvalue weighted by Crippen LogP contribution is -2.40. The van der Waals surface area contributed by atoms with E-state index in [1.165, 1.54) is 36.1 Å². The highest BCUT2D eigenvalue weighted by Crippen LogP contribution is 2.32. The van der Waals surface area contributed by atoms with Crippen LogP contribution in [0, 0.1) is 0 Å². The molecule has 0 aromatic heterocycles. The van der Waals surface area contributed by atoms with Crippen molar-refractivity contribution in [1.29, 1.82) is 0 Å². The van der Waals surface area contributed by atoms with E-state index in [1.807, 2.05) is 0 Å². The number of nitrogens with one attached hydrogen (secondary N) is 1. The van der Waals surface area contributed by atoms with Crippen LogP contribution in [0.3, 0.4) is 0 Å². The lowest BCUT2D eigenvalue weighted by molar-refractivity contribution is 0.0924. The first-order chi connectivity index (χ1) is 13.6. The SMILES string of the molecule is CN1CCc2cc([C@H](CNC(=O)c3ccc(Cl)cc3)N3CCCCC3)ccc21. The maximum atomic E-state index is 12.6. The average molecular weight is 398 g/mol. The zero-order chi connectivity index (χ0) is 19.5. The molecule has 0 bridgehead atoms. The van der Waals surface area contributed by atoms with Crippen LogP contribution in [0.2, 0.25) is 5.02 Å². The molecule has 2 aliphatic rings. The number of anilines is 1. The van der Waals surface area contributed by atoms with Crippen LogP contribution in [0.1, 0.15) is 46.8 Å². The molecule has 1 atom stereocenters. The number of nitrogens with zero attached hydrogens (tertiary/aromatic N) is 2. The molecule has 1 N–H and O–H groups in total. The lowest BCUT2D eigenvalue weighted by Gasteiger charge is -2.35. The number of amides is 1. The fourth-order valence-electron chi connectivity index (χ4n) is 4.37. The van der Waals surface area contributed by atoms with E-state index in [0.29, 0.717) is 17.1 Å². The number of hydrogen-bond acceptors (Lipinski definition) is 3. The summed E-state index contributed by atoms with van der Waals surface area (Å²) in [7, 11) is 2.15. The molecule has 1 amide bonds. The second-order valence-corrected chi connectivity index (χ2v) is 8.33. The number of benzene rings is 2. The molecule has 28 heavy (non-hydrogen) atoms. The van der Waals surface area contributed by atoms with Gasteiger partial charge in [0.05, 0.1) is 6.04 Å². The highest BCUT2D eigenvalue weighted by atomic mass is 35.5. The Balaban J connectivity index is 1.52. The second kappa shape index (κ2) is 8.54. The highest BCUT2D eigenvalue weighted by Gasteiger charge is 2.25. The van der Waals surface area contributed by atoms with Gasteiger partial charge >= 0.3 is 0 Å². The van der Waals surface area contributed by atoms with E-state index in [0.717, 1.165) is 26.1 Å². The Morgan fingerprint density at radius 1 is 1.07 bits per heavy atom. The molecule has 0 saturated carbocycles. The maximum Gasteiger partial charge on any atom is 0.251 e. The molecule has 0 aliphatic carbocycles. The zero-order valence-corrected chi connectivity index (χ0v) is 17.2. The summed E-state index contributed by atoms with van der Waals surface area (Å²) >= 11 is 5.94. The molecule has 0 radical (unpaired) electrons. The fourth-order valence-corrected chi connectivity index (χ4v) is 4.50. The molecule has 1 fully saturated rings. The Hall–Kier alpha value is -2.04. The summed E-state index contributed by atoms with van der Waals surface area (Å²) in [6.45, 7) is 3.90. The third kappa shape index (κ3) is 4.18. The van der Waals surface area contributed by atoms with E-state index in [1.54, 1.807) is 24.3 Å². The van der Waals surface area contributed by atoms with Gasteiger partial charge in [0.25, 0.3) is 5.91 Å². The van der Waals surface area contributed by atoms with Crippen molar-refractivity contribution in [1.82, 2.24) is 10.2 Å². The normalized spacial score (nSPS) is 18.0. The van der Waals surface area contributed by atoms with Crippen LogP contribution in [-0.4, -0.2) is 44.0 Å². The monoisotopic (exact) mass is 397 g/mol.